The van der Waals surface area contributed by atoms with Crippen LogP contribution in [0.15, 0.2) is 72.1 Å². The Morgan fingerprint density at radius 3 is 2.62 bits per heavy atom. The number of carbonyl (C=O) groups excluding carboxylic acids is 1. The van der Waals surface area contributed by atoms with Crippen LogP contribution < -0.4 is 0 Å². The van der Waals surface area contributed by atoms with Gasteiger partial charge in [0.2, 0.25) is 0 Å². The molecule has 0 saturated heterocycles. The average Bonchev–Trinajstić information content (AvgIpc) is 3.32. The predicted octanol–water partition coefficient (Wildman–Crippen LogP) is 6.48. The topological polar surface area (TPSA) is 26.3 Å². The Morgan fingerprint density at radius 2 is 1.81 bits per heavy atom. The standard InChI is InChI=1S/C23H23O2S/c1-23(2,19-10-4-5-11-19)25-22(24)18-9-7-12-20(16-18)26-15-14-17-8-3-6-13-21(17)26/h3-9,12-16,19H,10-11H2,1-2H3/q+1. The van der Waals surface area contributed by atoms with Crippen LogP contribution >= 0.6 is 10.5 Å². The van der Waals surface area contributed by atoms with Gasteiger partial charge in [-0.25, -0.2) is 4.79 Å². The molecule has 1 aliphatic rings. The molecule has 0 radical (unpaired) electrons. The summed E-state index contributed by atoms with van der Waals surface area (Å²) < 4.78 is 7.22. The third kappa shape index (κ3) is 3.19. The second-order valence-corrected chi connectivity index (χ2v) is 9.20. The van der Waals surface area contributed by atoms with Crippen LogP contribution in [0.1, 0.15) is 37.0 Å². The maximum atomic E-state index is 12.8. The first-order valence-electron chi connectivity index (χ1n) is 9.03. The molecule has 2 aromatic carbocycles. The molecule has 1 aromatic heterocycles. The highest BCUT2D eigenvalue weighted by Crippen LogP contribution is 2.40. The summed E-state index contributed by atoms with van der Waals surface area (Å²) >= 11 is 0. The fourth-order valence-corrected chi connectivity index (χ4v) is 5.50. The largest absolute Gasteiger partial charge is 0.456 e. The van der Waals surface area contributed by atoms with Crippen molar-refractivity contribution < 1.29 is 9.53 Å². The van der Waals surface area contributed by atoms with Gasteiger partial charge in [0.25, 0.3) is 0 Å². The Kier molecular flexibility index (Phi) is 4.41. The fraction of sp³-hybridized carbons (Fsp3) is 0.261. The molecule has 1 unspecified atom stereocenters. The van der Waals surface area contributed by atoms with Crippen molar-refractivity contribution in [2.75, 3.05) is 0 Å². The zero-order valence-electron chi connectivity index (χ0n) is 15.1. The normalized spacial score (nSPS) is 15.5. The second-order valence-electron chi connectivity index (χ2n) is 7.34. The van der Waals surface area contributed by atoms with E-state index in [0.717, 1.165) is 17.7 Å². The van der Waals surface area contributed by atoms with E-state index in [4.69, 9.17) is 4.74 Å². The van der Waals surface area contributed by atoms with Crippen molar-refractivity contribution in [3.63, 3.8) is 0 Å². The number of carbonyl (C=O) groups is 1. The lowest BCUT2D eigenvalue weighted by molar-refractivity contribution is -0.0273. The van der Waals surface area contributed by atoms with E-state index in [2.05, 4.69) is 53.9 Å². The Labute approximate surface area is 157 Å². The highest BCUT2D eigenvalue weighted by Gasteiger charge is 2.34. The lowest BCUT2D eigenvalue weighted by Gasteiger charge is -2.31. The van der Waals surface area contributed by atoms with Crippen LogP contribution in [-0.4, -0.2) is 11.6 Å². The van der Waals surface area contributed by atoms with Crippen LogP contribution in [0.4, 0.5) is 0 Å². The van der Waals surface area contributed by atoms with Gasteiger partial charge in [-0.3, -0.25) is 0 Å². The second kappa shape index (κ2) is 6.73. The van der Waals surface area contributed by atoms with Crippen LogP contribution in [0.2, 0.25) is 0 Å². The minimum absolute atomic E-state index is 0.116. The maximum absolute atomic E-state index is 12.8. The van der Waals surface area contributed by atoms with Crippen molar-refractivity contribution in [3.05, 3.63) is 77.7 Å². The summed E-state index contributed by atoms with van der Waals surface area (Å²) in [5.74, 6) is 0.130. The van der Waals surface area contributed by atoms with E-state index in [0.29, 0.717) is 11.5 Å². The summed E-state index contributed by atoms with van der Waals surface area (Å²) in [5, 5.41) is 3.49. The Hall–Kier alpha value is -2.39. The van der Waals surface area contributed by atoms with Gasteiger partial charge in [-0.2, -0.15) is 0 Å². The minimum Gasteiger partial charge on any atom is -0.456 e. The van der Waals surface area contributed by atoms with E-state index in [-0.39, 0.29) is 16.4 Å². The molecule has 0 fully saturated rings. The molecule has 0 N–H and O–H groups in total. The summed E-state index contributed by atoms with van der Waals surface area (Å²) in [6.45, 7) is 4.04. The Balaban J connectivity index is 1.60. The highest BCUT2D eigenvalue weighted by atomic mass is 32.2. The minimum atomic E-state index is -0.460. The van der Waals surface area contributed by atoms with Gasteiger partial charge in [-0.15, -0.1) is 0 Å². The first-order chi connectivity index (χ1) is 12.5. The van der Waals surface area contributed by atoms with E-state index in [9.17, 15) is 4.79 Å². The molecular formula is C23H23O2S+. The van der Waals surface area contributed by atoms with E-state index >= 15 is 0 Å². The van der Waals surface area contributed by atoms with Crippen molar-refractivity contribution in [1.82, 2.24) is 0 Å². The smallest absolute Gasteiger partial charge is 0.338 e. The summed E-state index contributed by atoms with van der Waals surface area (Å²) in [4.78, 5) is 13.9. The van der Waals surface area contributed by atoms with Crippen molar-refractivity contribution in [1.29, 1.82) is 0 Å². The lowest BCUT2D eigenvalue weighted by Crippen LogP contribution is -2.35. The molecule has 3 aromatic rings. The number of hydrogen-bond acceptors (Lipinski definition) is 2. The lowest BCUT2D eigenvalue weighted by atomic mass is 9.88. The van der Waals surface area contributed by atoms with Gasteiger partial charge in [-0.1, -0.05) is 30.4 Å². The average molecular weight is 364 g/mol. The van der Waals surface area contributed by atoms with Crippen LogP contribution in [0, 0.1) is 5.92 Å². The van der Waals surface area contributed by atoms with Gasteiger partial charge in [0, 0.05) is 33.9 Å². The van der Waals surface area contributed by atoms with Gasteiger partial charge in [0.1, 0.15) is 11.0 Å². The number of esters is 1. The molecule has 132 valence electrons. The van der Waals surface area contributed by atoms with E-state index in [1.165, 1.54) is 10.1 Å². The molecule has 1 heterocycles. The van der Waals surface area contributed by atoms with E-state index in [1.807, 2.05) is 32.0 Å². The molecule has 26 heavy (non-hydrogen) atoms. The van der Waals surface area contributed by atoms with Crippen LogP contribution in [-0.2, 0) is 4.74 Å². The molecule has 0 amide bonds. The first kappa shape index (κ1) is 17.0. The van der Waals surface area contributed by atoms with Gasteiger partial charge in [-0.05, 0) is 51.0 Å². The molecular weight excluding hydrogens is 340 g/mol. The monoisotopic (exact) mass is 363 g/mol. The van der Waals surface area contributed by atoms with Crippen molar-refractivity contribution in [2.24, 2.45) is 5.92 Å². The first-order valence-corrected chi connectivity index (χ1v) is 10.3. The summed E-state index contributed by atoms with van der Waals surface area (Å²) in [5.41, 5.74) is 0.172. The fourth-order valence-electron chi connectivity index (χ4n) is 3.56. The number of thiophene rings is 1. The van der Waals surface area contributed by atoms with Gasteiger partial charge >= 0.3 is 5.97 Å². The number of hydrogen-bond donors (Lipinski definition) is 0. The summed E-state index contributed by atoms with van der Waals surface area (Å²) in [6, 6.07) is 18.5. The molecule has 0 spiro atoms. The SMILES string of the molecule is CC(C)(OC(=O)c1cccc(-[s+]2ccc3ccccc32)c1)C1CC=CC1. The Bertz CT molecular complexity index is 973. The highest BCUT2D eigenvalue weighted by molar-refractivity contribution is 7.43. The Morgan fingerprint density at radius 1 is 1.04 bits per heavy atom. The molecule has 0 saturated carbocycles. The number of ether oxygens (including phenoxy) is 1. The molecule has 2 nitrogen and oxygen atoms in total. The predicted molar refractivity (Wildman–Crippen MR) is 109 cm³/mol. The van der Waals surface area contributed by atoms with Crippen molar-refractivity contribution >= 4 is 26.5 Å². The molecule has 3 heteroatoms. The van der Waals surface area contributed by atoms with E-state index in [1.54, 1.807) is 0 Å². The molecule has 1 atom stereocenters. The molecule has 0 bridgehead atoms. The number of rotatable bonds is 4. The summed E-state index contributed by atoms with van der Waals surface area (Å²) in [7, 11) is -0.116. The van der Waals surface area contributed by atoms with Crippen molar-refractivity contribution in [3.8, 4) is 4.90 Å². The van der Waals surface area contributed by atoms with Crippen molar-refractivity contribution in [2.45, 2.75) is 32.3 Å². The zero-order valence-corrected chi connectivity index (χ0v) is 16.0. The molecule has 1 aliphatic carbocycles. The van der Waals surface area contributed by atoms with Crippen LogP contribution in [0.25, 0.3) is 15.0 Å². The third-order valence-electron chi connectivity index (χ3n) is 5.21. The summed E-state index contributed by atoms with van der Waals surface area (Å²) in [6.07, 6.45) is 6.30. The van der Waals surface area contributed by atoms with Gasteiger partial charge in [0.15, 0.2) is 9.60 Å². The van der Waals surface area contributed by atoms with Crippen LogP contribution in [0.5, 0.6) is 0 Å². The van der Waals surface area contributed by atoms with Crippen LogP contribution in [0.3, 0.4) is 0 Å². The third-order valence-corrected chi connectivity index (χ3v) is 7.23. The molecule has 4 rings (SSSR count). The zero-order chi connectivity index (χ0) is 18.1. The number of fused-ring (bicyclic) bond motifs is 1. The number of benzene rings is 2. The number of allylic oxidation sites excluding steroid dienone is 2. The molecule has 0 aliphatic heterocycles. The van der Waals surface area contributed by atoms with Gasteiger partial charge < -0.3 is 4.74 Å². The van der Waals surface area contributed by atoms with Gasteiger partial charge in [0.05, 0.1) is 5.56 Å². The van der Waals surface area contributed by atoms with E-state index < -0.39 is 5.60 Å². The maximum Gasteiger partial charge on any atom is 0.338 e. The quantitative estimate of drug-likeness (QED) is 0.301.